The maximum atomic E-state index is 13.7. The molecule has 1 spiro atoms. The molecule has 1 aromatic heterocycles. The van der Waals surface area contributed by atoms with Crippen LogP contribution in [0.2, 0.25) is 0 Å². The number of aromatic nitrogens is 4. The lowest BCUT2D eigenvalue weighted by Crippen LogP contribution is -2.61. The largest absolute Gasteiger partial charge is 0.467 e. The van der Waals surface area contributed by atoms with E-state index in [0.717, 1.165) is 100 Å². The zero-order chi connectivity index (χ0) is 38.6. The van der Waals surface area contributed by atoms with Crippen molar-refractivity contribution in [2.45, 2.75) is 115 Å². The molecule has 6 rings (SSSR count). The monoisotopic (exact) mass is 744 g/mol. The van der Waals surface area contributed by atoms with Crippen LogP contribution in [-0.4, -0.2) is 97.8 Å². The number of rotatable bonds is 12. The zero-order valence-corrected chi connectivity index (χ0v) is 30.9. The van der Waals surface area contributed by atoms with Gasteiger partial charge in [-0.25, -0.2) is 4.79 Å². The number of esters is 4. The summed E-state index contributed by atoms with van der Waals surface area (Å²) in [5.41, 5.74) is 2.59. The number of nitrogens with zero attached hydrogens (tertiary/aromatic N) is 6. The number of methoxy groups -OCH3 is 1. The quantitative estimate of drug-likeness (QED) is 0.190. The molecular formula is C38H44N6O10. The minimum atomic E-state index is -1.62. The number of aliphatic imine (C=N–C) groups is 1. The molecule has 2 fully saturated rings. The van der Waals surface area contributed by atoms with Crippen LogP contribution in [0.25, 0.3) is 22.5 Å². The maximum absolute atomic E-state index is 13.7. The van der Waals surface area contributed by atoms with Crippen molar-refractivity contribution in [2.75, 3.05) is 7.11 Å². The van der Waals surface area contributed by atoms with Crippen molar-refractivity contribution in [3.05, 3.63) is 54.1 Å². The SMILES string of the molecule is CCCCC1=NC2(CCCC2)C(=O)N1Cc1ccc(-c2ccccc2-c2nnn([C@H]3O[C@H](C(=O)OC)[C@H](OC(C)=O)[C@@H](OC(C)=O)[C@H]3OC(C)=O)n2)cc1. The second kappa shape index (κ2) is 16.2. The molecule has 3 aromatic rings. The molecule has 5 atom stereocenters. The third kappa shape index (κ3) is 7.88. The summed E-state index contributed by atoms with van der Waals surface area (Å²) in [6.07, 6.45) is -1.20. The molecule has 0 bridgehead atoms. The first-order chi connectivity index (χ1) is 25.9. The molecule has 54 heavy (non-hydrogen) atoms. The molecular weight excluding hydrogens is 700 g/mol. The highest BCUT2D eigenvalue weighted by Gasteiger charge is 2.56. The van der Waals surface area contributed by atoms with Crippen LogP contribution < -0.4 is 0 Å². The second-order valence-electron chi connectivity index (χ2n) is 13.6. The van der Waals surface area contributed by atoms with Crippen molar-refractivity contribution >= 4 is 35.6 Å². The fourth-order valence-electron chi connectivity index (χ4n) is 7.32. The Morgan fingerprint density at radius 3 is 2.13 bits per heavy atom. The van der Waals surface area contributed by atoms with Gasteiger partial charge >= 0.3 is 23.9 Å². The van der Waals surface area contributed by atoms with E-state index in [0.29, 0.717) is 12.1 Å². The Labute approximate surface area is 312 Å². The van der Waals surface area contributed by atoms with Crippen LogP contribution in [0.3, 0.4) is 0 Å². The summed E-state index contributed by atoms with van der Waals surface area (Å²) in [5, 5.41) is 13.0. The normalized spacial score (nSPS) is 23.2. The van der Waals surface area contributed by atoms with Gasteiger partial charge < -0.3 is 23.7 Å². The number of ether oxygens (including phenoxy) is 5. The number of carbonyl (C=O) groups is 5. The van der Waals surface area contributed by atoms with E-state index in [1.54, 1.807) is 0 Å². The molecule has 3 heterocycles. The smallest absolute Gasteiger partial charge is 0.339 e. The van der Waals surface area contributed by atoms with Crippen molar-refractivity contribution in [3.8, 4) is 22.5 Å². The maximum Gasteiger partial charge on any atom is 0.339 e. The van der Waals surface area contributed by atoms with Gasteiger partial charge in [0, 0.05) is 32.8 Å². The van der Waals surface area contributed by atoms with Crippen LogP contribution in [0, 0.1) is 0 Å². The van der Waals surface area contributed by atoms with Crippen molar-refractivity contribution in [3.63, 3.8) is 0 Å². The minimum absolute atomic E-state index is 0.103. The Kier molecular flexibility index (Phi) is 11.5. The molecule has 2 aliphatic heterocycles. The van der Waals surface area contributed by atoms with Gasteiger partial charge in [0.2, 0.25) is 12.1 Å². The van der Waals surface area contributed by atoms with Gasteiger partial charge in [-0.05, 0) is 41.2 Å². The predicted octanol–water partition coefficient (Wildman–Crippen LogP) is 4.12. The lowest BCUT2D eigenvalue weighted by Gasteiger charge is -2.42. The molecule has 1 amide bonds. The van der Waals surface area contributed by atoms with E-state index in [-0.39, 0.29) is 11.7 Å². The molecule has 16 nitrogen and oxygen atoms in total. The van der Waals surface area contributed by atoms with E-state index in [9.17, 15) is 24.0 Å². The Hall–Kier alpha value is -5.51. The van der Waals surface area contributed by atoms with E-state index >= 15 is 0 Å². The minimum Gasteiger partial charge on any atom is -0.467 e. The van der Waals surface area contributed by atoms with Crippen LogP contribution in [-0.2, 0) is 54.2 Å². The van der Waals surface area contributed by atoms with Crippen LogP contribution in [0.1, 0.15) is 84.4 Å². The second-order valence-corrected chi connectivity index (χ2v) is 13.6. The van der Waals surface area contributed by atoms with Gasteiger partial charge in [0.15, 0.2) is 24.4 Å². The average molecular weight is 745 g/mol. The Morgan fingerprint density at radius 1 is 0.870 bits per heavy atom. The van der Waals surface area contributed by atoms with E-state index < -0.39 is 60.1 Å². The van der Waals surface area contributed by atoms with Gasteiger partial charge in [-0.15, -0.1) is 15.0 Å². The lowest BCUT2D eigenvalue weighted by atomic mass is 9.97. The van der Waals surface area contributed by atoms with E-state index in [4.69, 9.17) is 28.7 Å². The van der Waals surface area contributed by atoms with Crippen molar-refractivity contribution in [1.29, 1.82) is 0 Å². The number of hydrogen-bond donors (Lipinski definition) is 0. The number of carbonyl (C=O) groups excluding carboxylic acids is 5. The summed E-state index contributed by atoms with van der Waals surface area (Å²) < 4.78 is 27.2. The molecule has 0 unspecified atom stereocenters. The van der Waals surface area contributed by atoms with Crippen molar-refractivity contribution < 1.29 is 47.7 Å². The highest BCUT2D eigenvalue weighted by atomic mass is 16.7. The summed E-state index contributed by atoms with van der Waals surface area (Å²) in [6, 6.07) is 15.3. The van der Waals surface area contributed by atoms with Gasteiger partial charge in [0.1, 0.15) is 11.4 Å². The van der Waals surface area contributed by atoms with Gasteiger partial charge in [0.05, 0.1) is 13.7 Å². The molecule has 0 N–H and O–H groups in total. The first kappa shape index (κ1) is 38.2. The van der Waals surface area contributed by atoms with Crippen LogP contribution in [0.5, 0.6) is 0 Å². The first-order valence-corrected chi connectivity index (χ1v) is 18.1. The van der Waals surface area contributed by atoms with Crippen molar-refractivity contribution in [1.82, 2.24) is 25.1 Å². The third-order valence-corrected chi connectivity index (χ3v) is 9.76. The van der Waals surface area contributed by atoms with Crippen LogP contribution in [0.4, 0.5) is 0 Å². The fraction of sp³-hybridized carbons (Fsp3) is 0.500. The highest BCUT2D eigenvalue weighted by Crippen LogP contribution is 2.40. The molecule has 16 heteroatoms. The van der Waals surface area contributed by atoms with Gasteiger partial charge in [0.25, 0.3) is 5.91 Å². The number of unbranched alkanes of at least 4 members (excludes halogenated alkanes) is 1. The Balaban J connectivity index is 1.28. The number of benzene rings is 2. The number of hydrogen-bond acceptors (Lipinski definition) is 14. The first-order valence-electron chi connectivity index (χ1n) is 18.1. The lowest BCUT2D eigenvalue weighted by molar-refractivity contribution is -0.267. The molecule has 1 saturated carbocycles. The van der Waals surface area contributed by atoms with Gasteiger partial charge in [-0.3, -0.25) is 29.1 Å². The van der Waals surface area contributed by atoms with Crippen molar-refractivity contribution in [2.24, 2.45) is 4.99 Å². The summed E-state index contributed by atoms with van der Waals surface area (Å²) >= 11 is 0. The highest BCUT2D eigenvalue weighted by molar-refractivity contribution is 6.08. The average Bonchev–Trinajstić information content (AvgIpc) is 3.89. The van der Waals surface area contributed by atoms with Crippen LogP contribution >= 0.6 is 0 Å². The summed E-state index contributed by atoms with van der Waals surface area (Å²) in [4.78, 5) is 71.0. The Bertz CT molecular complexity index is 1920. The zero-order valence-electron chi connectivity index (χ0n) is 30.9. The number of amidine groups is 1. The Morgan fingerprint density at radius 2 is 1.50 bits per heavy atom. The molecule has 2 aromatic carbocycles. The summed E-state index contributed by atoms with van der Waals surface area (Å²) in [6.45, 7) is 5.91. The molecule has 0 radical (unpaired) electrons. The molecule has 1 aliphatic carbocycles. The van der Waals surface area contributed by atoms with E-state index in [2.05, 4.69) is 22.3 Å². The van der Waals surface area contributed by atoms with E-state index in [1.165, 1.54) is 0 Å². The molecule has 286 valence electrons. The molecule has 1 saturated heterocycles. The number of amides is 1. The topological polar surface area (TPSA) is 191 Å². The summed E-state index contributed by atoms with van der Waals surface area (Å²) in [5.74, 6) is -2.20. The van der Waals surface area contributed by atoms with E-state index in [1.807, 2.05) is 53.4 Å². The summed E-state index contributed by atoms with van der Waals surface area (Å²) in [7, 11) is 1.11. The standard InChI is InChI=1S/C38H44N6O10/c1-6-7-14-29-39-38(19-10-11-20-38)37(49)43(29)21-25-15-17-26(18-16-25)27-12-8-9-13-28(27)34-40-42-44(41-34)35-32(53-24(4)47)30(51-22(2)45)31(52-23(3)46)33(54-35)36(48)50-5/h8-9,12-13,15-18,30-33,35H,6-7,10-11,14,19-21H2,1-5H3/t30-,31-,32-,33+,35+/m1/s1. The molecule has 3 aliphatic rings. The third-order valence-electron chi connectivity index (χ3n) is 9.76. The van der Waals surface area contributed by atoms with Crippen LogP contribution in [0.15, 0.2) is 53.5 Å². The number of tetrazole rings is 1. The predicted molar refractivity (Wildman–Crippen MR) is 190 cm³/mol. The van der Waals surface area contributed by atoms with Gasteiger partial charge in [-0.2, -0.15) is 0 Å². The fourth-order valence-corrected chi connectivity index (χ4v) is 7.32. The van der Waals surface area contributed by atoms with Gasteiger partial charge in [-0.1, -0.05) is 74.7 Å².